The van der Waals surface area contributed by atoms with Crippen molar-refractivity contribution >= 4 is 12.0 Å². The number of urea groups is 1. The van der Waals surface area contributed by atoms with E-state index in [9.17, 15) is 9.59 Å². The lowest BCUT2D eigenvalue weighted by atomic mass is 10.2. The zero-order valence-electron chi connectivity index (χ0n) is 11.1. The zero-order chi connectivity index (χ0) is 13.8. The van der Waals surface area contributed by atoms with Crippen LogP contribution in [-0.4, -0.2) is 63.8 Å². The van der Waals surface area contributed by atoms with Crippen LogP contribution in [0.15, 0.2) is 0 Å². The lowest BCUT2D eigenvalue weighted by molar-refractivity contribution is -0.137. The number of carbonyl (C=O) groups excluding carboxylic acids is 1. The van der Waals surface area contributed by atoms with Gasteiger partial charge >= 0.3 is 12.0 Å². The number of hydrogen-bond acceptors (Lipinski definition) is 3. The number of aliphatic hydroxyl groups excluding tert-OH is 1. The van der Waals surface area contributed by atoms with E-state index in [1.807, 2.05) is 0 Å². The first-order valence-corrected chi connectivity index (χ1v) is 7.03. The molecule has 2 N–H and O–H groups in total. The predicted octanol–water partition coefficient (Wildman–Crippen LogP) is 0.892. The van der Waals surface area contributed by atoms with E-state index in [2.05, 4.69) is 0 Å². The molecule has 0 aromatic heterocycles. The predicted molar refractivity (Wildman–Crippen MR) is 68.8 cm³/mol. The number of carboxylic acids is 1. The molecule has 0 aromatic carbocycles. The number of hydrogen-bond donors (Lipinski definition) is 2. The fourth-order valence-corrected chi connectivity index (χ4v) is 2.81. The Bertz CT molecular complexity index is 338. The molecular weight excluding hydrogens is 248 g/mol. The molecule has 6 nitrogen and oxygen atoms in total. The molecule has 2 rings (SSSR count). The van der Waals surface area contributed by atoms with E-state index >= 15 is 0 Å². The first-order chi connectivity index (χ1) is 9.13. The number of rotatable bonds is 6. The van der Waals surface area contributed by atoms with Crippen molar-refractivity contribution in [3.05, 3.63) is 0 Å². The lowest BCUT2D eigenvalue weighted by Crippen LogP contribution is -2.50. The van der Waals surface area contributed by atoms with E-state index in [0.29, 0.717) is 6.54 Å². The van der Waals surface area contributed by atoms with Gasteiger partial charge in [-0.15, -0.1) is 0 Å². The van der Waals surface area contributed by atoms with Gasteiger partial charge in [0.15, 0.2) is 0 Å². The minimum absolute atomic E-state index is 0.0752. The average Bonchev–Trinajstić information content (AvgIpc) is 3.07. The van der Waals surface area contributed by atoms with Crippen molar-refractivity contribution in [1.29, 1.82) is 0 Å². The SMILES string of the molecule is O=C(O)CN(C(=O)N(CCO)C1CCCC1)C1CC1. The summed E-state index contributed by atoms with van der Waals surface area (Å²) in [4.78, 5) is 26.5. The van der Waals surface area contributed by atoms with Gasteiger partial charge in [0.25, 0.3) is 0 Å². The van der Waals surface area contributed by atoms with Crippen LogP contribution in [0.3, 0.4) is 0 Å². The Morgan fingerprint density at radius 3 is 2.05 bits per heavy atom. The van der Waals surface area contributed by atoms with Gasteiger partial charge in [-0.25, -0.2) is 4.79 Å². The first-order valence-electron chi connectivity index (χ1n) is 7.03. The van der Waals surface area contributed by atoms with E-state index in [0.717, 1.165) is 38.5 Å². The fourth-order valence-electron chi connectivity index (χ4n) is 2.81. The van der Waals surface area contributed by atoms with Crippen LogP contribution in [0.4, 0.5) is 4.79 Å². The second kappa shape index (κ2) is 6.23. The monoisotopic (exact) mass is 270 g/mol. The number of aliphatic hydroxyl groups is 1. The summed E-state index contributed by atoms with van der Waals surface area (Å²) in [5.74, 6) is -0.976. The summed E-state index contributed by atoms with van der Waals surface area (Å²) in [7, 11) is 0. The third kappa shape index (κ3) is 3.59. The zero-order valence-corrected chi connectivity index (χ0v) is 11.1. The molecule has 0 saturated heterocycles. The van der Waals surface area contributed by atoms with Crippen molar-refractivity contribution in [1.82, 2.24) is 9.80 Å². The molecule has 2 amide bonds. The second-order valence-corrected chi connectivity index (χ2v) is 5.39. The standard InChI is InChI=1S/C13H22N2O4/c16-8-7-14(10-3-1-2-4-10)13(19)15(9-12(17)18)11-5-6-11/h10-11,16H,1-9H2,(H,17,18). The molecule has 19 heavy (non-hydrogen) atoms. The maximum absolute atomic E-state index is 12.5. The molecule has 0 radical (unpaired) electrons. The van der Waals surface area contributed by atoms with Crippen LogP contribution in [0.25, 0.3) is 0 Å². The van der Waals surface area contributed by atoms with Crippen LogP contribution in [0.2, 0.25) is 0 Å². The molecule has 108 valence electrons. The van der Waals surface area contributed by atoms with E-state index in [1.54, 1.807) is 4.90 Å². The molecule has 2 aliphatic carbocycles. The van der Waals surface area contributed by atoms with Gasteiger partial charge < -0.3 is 20.0 Å². The third-order valence-corrected chi connectivity index (χ3v) is 3.89. The van der Waals surface area contributed by atoms with Crippen molar-refractivity contribution in [2.24, 2.45) is 0 Å². The smallest absolute Gasteiger partial charge is 0.323 e. The highest BCUT2D eigenvalue weighted by Gasteiger charge is 2.38. The molecule has 0 bridgehead atoms. The minimum Gasteiger partial charge on any atom is -0.480 e. The molecule has 2 aliphatic rings. The van der Waals surface area contributed by atoms with Crippen LogP contribution in [-0.2, 0) is 4.79 Å². The molecule has 0 heterocycles. The van der Waals surface area contributed by atoms with Gasteiger partial charge in [-0.1, -0.05) is 12.8 Å². The Hall–Kier alpha value is -1.30. The Kier molecular flexibility index (Phi) is 4.63. The molecule has 2 saturated carbocycles. The highest BCUT2D eigenvalue weighted by molar-refractivity contribution is 5.81. The number of amides is 2. The van der Waals surface area contributed by atoms with Crippen molar-refractivity contribution in [2.45, 2.75) is 50.6 Å². The molecule has 0 spiro atoms. The number of carboxylic acid groups (broad SMARTS) is 1. The van der Waals surface area contributed by atoms with Crippen molar-refractivity contribution in [3.63, 3.8) is 0 Å². The molecule has 0 aliphatic heterocycles. The average molecular weight is 270 g/mol. The van der Waals surface area contributed by atoms with E-state index in [1.165, 1.54) is 4.90 Å². The Labute approximate surface area is 113 Å². The Morgan fingerprint density at radius 2 is 1.58 bits per heavy atom. The van der Waals surface area contributed by atoms with E-state index in [4.69, 9.17) is 10.2 Å². The number of nitrogens with zero attached hydrogens (tertiary/aromatic N) is 2. The molecule has 2 fully saturated rings. The summed E-state index contributed by atoms with van der Waals surface area (Å²) in [5.41, 5.74) is 0. The summed E-state index contributed by atoms with van der Waals surface area (Å²) in [5, 5.41) is 18.1. The van der Waals surface area contributed by atoms with Gasteiger partial charge in [0.2, 0.25) is 0 Å². The molecule has 6 heteroatoms. The summed E-state index contributed by atoms with van der Waals surface area (Å²) >= 11 is 0. The van der Waals surface area contributed by atoms with Gasteiger partial charge in [0, 0.05) is 18.6 Å². The van der Waals surface area contributed by atoms with Crippen LogP contribution in [0, 0.1) is 0 Å². The maximum atomic E-state index is 12.5. The van der Waals surface area contributed by atoms with Gasteiger partial charge in [-0.05, 0) is 25.7 Å². The highest BCUT2D eigenvalue weighted by Crippen LogP contribution is 2.30. The lowest BCUT2D eigenvalue weighted by Gasteiger charge is -2.33. The molecule has 0 atom stereocenters. The molecule has 0 aromatic rings. The number of carbonyl (C=O) groups is 2. The third-order valence-electron chi connectivity index (χ3n) is 3.89. The second-order valence-electron chi connectivity index (χ2n) is 5.39. The van der Waals surface area contributed by atoms with Crippen LogP contribution in [0.1, 0.15) is 38.5 Å². The maximum Gasteiger partial charge on any atom is 0.323 e. The molecular formula is C13H22N2O4. The summed E-state index contributed by atoms with van der Waals surface area (Å²) in [6.45, 7) is -0.0156. The topological polar surface area (TPSA) is 81.1 Å². The fraction of sp³-hybridized carbons (Fsp3) is 0.846. The van der Waals surface area contributed by atoms with Gasteiger partial charge in [-0.2, -0.15) is 0 Å². The van der Waals surface area contributed by atoms with Gasteiger partial charge in [0.05, 0.1) is 6.61 Å². The van der Waals surface area contributed by atoms with Crippen molar-refractivity contribution in [3.8, 4) is 0 Å². The van der Waals surface area contributed by atoms with Gasteiger partial charge in [-0.3, -0.25) is 4.79 Å². The molecule has 0 unspecified atom stereocenters. The van der Waals surface area contributed by atoms with Crippen molar-refractivity contribution in [2.75, 3.05) is 19.7 Å². The Morgan fingerprint density at radius 1 is 1.00 bits per heavy atom. The summed E-state index contributed by atoms with van der Waals surface area (Å²) in [6, 6.07) is 0.0201. The largest absolute Gasteiger partial charge is 0.480 e. The minimum atomic E-state index is -0.976. The quantitative estimate of drug-likeness (QED) is 0.751. The highest BCUT2D eigenvalue weighted by atomic mass is 16.4. The number of aliphatic carboxylic acids is 1. The summed E-state index contributed by atoms with van der Waals surface area (Å²) < 4.78 is 0. The van der Waals surface area contributed by atoms with Crippen molar-refractivity contribution < 1.29 is 19.8 Å². The van der Waals surface area contributed by atoms with Crippen LogP contribution >= 0.6 is 0 Å². The Balaban J connectivity index is 2.04. The normalized spacial score (nSPS) is 19.4. The van der Waals surface area contributed by atoms with E-state index < -0.39 is 5.97 Å². The van der Waals surface area contributed by atoms with Crippen LogP contribution in [0.5, 0.6) is 0 Å². The van der Waals surface area contributed by atoms with Crippen LogP contribution < -0.4 is 0 Å². The van der Waals surface area contributed by atoms with Gasteiger partial charge in [0.1, 0.15) is 6.54 Å². The summed E-state index contributed by atoms with van der Waals surface area (Å²) in [6.07, 6.45) is 5.88. The van der Waals surface area contributed by atoms with E-state index in [-0.39, 0.29) is 31.3 Å². The first kappa shape index (κ1) is 14.1.